The largest absolute Gasteiger partial charge is 0.481 e. The summed E-state index contributed by atoms with van der Waals surface area (Å²) in [5, 5.41) is 3.26. The second-order valence-corrected chi connectivity index (χ2v) is 3.95. The third-order valence-electron chi connectivity index (χ3n) is 2.05. The van der Waals surface area contributed by atoms with E-state index in [4.69, 9.17) is 4.74 Å². The molecule has 0 aliphatic rings. The van der Waals surface area contributed by atoms with E-state index in [1.54, 1.807) is 7.11 Å². The van der Waals surface area contributed by atoms with Crippen molar-refractivity contribution in [2.75, 3.05) is 19.0 Å². The number of nitrogens with one attached hydrogen (secondary N) is 1. The van der Waals surface area contributed by atoms with Gasteiger partial charge in [0.25, 0.3) is 0 Å². The van der Waals surface area contributed by atoms with Crippen molar-refractivity contribution in [2.24, 2.45) is 5.92 Å². The molecule has 0 spiro atoms. The smallest absolute Gasteiger partial charge is 0.218 e. The minimum absolute atomic E-state index is 0.606. The van der Waals surface area contributed by atoms with Gasteiger partial charge in [-0.25, -0.2) is 4.98 Å². The quantitative estimate of drug-likeness (QED) is 0.808. The molecule has 0 bridgehead atoms. The number of aromatic nitrogens is 2. The van der Waals surface area contributed by atoms with E-state index in [1.807, 2.05) is 13.0 Å². The van der Waals surface area contributed by atoms with Crippen LogP contribution in [0, 0.1) is 12.8 Å². The highest BCUT2D eigenvalue weighted by atomic mass is 16.5. The van der Waals surface area contributed by atoms with Gasteiger partial charge in [0, 0.05) is 12.6 Å². The molecule has 0 fully saturated rings. The first-order chi connectivity index (χ1) is 7.11. The molecule has 1 aromatic rings. The molecule has 0 atom stereocenters. The summed E-state index contributed by atoms with van der Waals surface area (Å²) in [5.41, 5.74) is 0. The lowest BCUT2D eigenvalue weighted by molar-refractivity contribution is 0.396. The first-order valence-corrected chi connectivity index (χ1v) is 5.25. The summed E-state index contributed by atoms with van der Waals surface area (Å²) in [5.74, 6) is 2.86. The zero-order chi connectivity index (χ0) is 11.3. The lowest BCUT2D eigenvalue weighted by Crippen LogP contribution is -2.07. The second-order valence-electron chi connectivity index (χ2n) is 3.95. The van der Waals surface area contributed by atoms with Gasteiger partial charge in [-0.15, -0.1) is 0 Å². The Kier molecular flexibility index (Phi) is 4.34. The number of methoxy groups -OCH3 is 1. The van der Waals surface area contributed by atoms with Gasteiger partial charge in [0.15, 0.2) is 0 Å². The SMILES string of the molecule is COc1cc(NCCC(C)C)nc(C)n1. The van der Waals surface area contributed by atoms with Crippen LogP contribution in [0.25, 0.3) is 0 Å². The first-order valence-electron chi connectivity index (χ1n) is 5.25. The number of aryl methyl sites for hydroxylation is 1. The van der Waals surface area contributed by atoms with Gasteiger partial charge in [-0.3, -0.25) is 0 Å². The van der Waals surface area contributed by atoms with Crippen LogP contribution >= 0.6 is 0 Å². The highest BCUT2D eigenvalue weighted by Gasteiger charge is 2.01. The molecule has 4 nitrogen and oxygen atoms in total. The molecule has 1 N–H and O–H groups in total. The predicted molar refractivity (Wildman–Crippen MR) is 61.3 cm³/mol. The van der Waals surface area contributed by atoms with E-state index in [1.165, 1.54) is 0 Å². The fraction of sp³-hybridized carbons (Fsp3) is 0.636. The minimum Gasteiger partial charge on any atom is -0.481 e. The van der Waals surface area contributed by atoms with Crippen LogP contribution in [0.15, 0.2) is 6.07 Å². The third kappa shape index (κ3) is 4.14. The average Bonchev–Trinajstić information content (AvgIpc) is 2.16. The van der Waals surface area contributed by atoms with Gasteiger partial charge >= 0.3 is 0 Å². The molecule has 1 heterocycles. The van der Waals surface area contributed by atoms with Gasteiger partial charge in [-0.05, 0) is 19.3 Å². The monoisotopic (exact) mass is 209 g/mol. The minimum atomic E-state index is 0.606. The molecule has 0 unspecified atom stereocenters. The molecule has 1 aromatic heterocycles. The van der Waals surface area contributed by atoms with Gasteiger partial charge in [-0.1, -0.05) is 13.8 Å². The zero-order valence-electron chi connectivity index (χ0n) is 9.87. The van der Waals surface area contributed by atoms with E-state index >= 15 is 0 Å². The molecule has 15 heavy (non-hydrogen) atoms. The van der Waals surface area contributed by atoms with Gasteiger partial charge in [0.1, 0.15) is 11.6 Å². The molecule has 84 valence electrons. The number of ether oxygens (including phenoxy) is 1. The lowest BCUT2D eigenvalue weighted by atomic mass is 10.1. The normalized spacial score (nSPS) is 10.5. The van der Waals surface area contributed by atoms with E-state index in [9.17, 15) is 0 Å². The summed E-state index contributed by atoms with van der Waals surface area (Å²) in [6, 6.07) is 1.81. The first kappa shape index (κ1) is 11.8. The Morgan fingerprint density at radius 2 is 2.13 bits per heavy atom. The summed E-state index contributed by atoms with van der Waals surface area (Å²) in [6.07, 6.45) is 1.13. The summed E-state index contributed by atoms with van der Waals surface area (Å²) in [4.78, 5) is 8.40. The van der Waals surface area contributed by atoms with Crippen LogP contribution in [0.1, 0.15) is 26.1 Å². The summed E-state index contributed by atoms with van der Waals surface area (Å²) in [7, 11) is 1.61. The Morgan fingerprint density at radius 3 is 2.73 bits per heavy atom. The molecule has 0 aliphatic carbocycles. The zero-order valence-corrected chi connectivity index (χ0v) is 9.87. The Morgan fingerprint density at radius 1 is 1.40 bits per heavy atom. The predicted octanol–water partition coefficient (Wildman–Crippen LogP) is 2.25. The van der Waals surface area contributed by atoms with Crippen LogP contribution in [0.4, 0.5) is 5.82 Å². The molecule has 0 saturated carbocycles. The Bertz CT molecular complexity index is 313. The number of nitrogens with zero attached hydrogens (tertiary/aromatic N) is 2. The standard InChI is InChI=1S/C11H19N3O/c1-8(2)5-6-12-10-7-11(15-4)14-9(3)13-10/h7-8H,5-6H2,1-4H3,(H,12,13,14). The molecule has 0 aromatic carbocycles. The van der Waals surface area contributed by atoms with Crippen molar-refractivity contribution < 1.29 is 4.74 Å². The van der Waals surface area contributed by atoms with Crippen LogP contribution in [0.2, 0.25) is 0 Å². The van der Waals surface area contributed by atoms with Crippen molar-refractivity contribution in [2.45, 2.75) is 27.2 Å². The molecular weight excluding hydrogens is 190 g/mol. The maximum absolute atomic E-state index is 5.07. The van der Waals surface area contributed by atoms with E-state index < -0.39 is 0 Å². The fourth-order valence-corrected chi connectivity index (χ4v) is 1.22. The van der Waals surface area contributed by atoms with Gasteiger partial charge in [-0.2, -0.15) is 4.98 Å². The number of anilines is 1. The van der Waals surface area contributed by atoms with Crippen LogP contribution in [-0.2, 0) is 0 Å². The number of hydrogen-bond acceptors (Lipinski definition) is 4. The van der Waals surface area contributed by atoms with Crippen LogP contribution in [0.3, 0.4) is 0 Å². The fourth-order valence-electron chi connectivity index (χ4n) is 1.22. The molecule has 0 aliphatic heterocycles. The van der Waals surface area contributed by atoms with E-state index in [2.05, 4.69) is 29.1 Å². The third-order valence-corrected chi connectivity index (χ3v) is 2.05. The van der Waals surface area contributed by atoms with Gasteiger partial charge in [0.05, 0.1) is 7.11 Å². The van der Waals surface area contributed by atoms with Gasteiger partial charge in [0.2, 0.25) is 5.88 Å². The molecule has 1 rings (SSSR count). The second kappa shape index (κ2) is 5.53. The molecule has 0 saturated heterocycles. The molecular formula is C11H19N3O. The number of hydrogen-bond donors (Lipinski definition) is 1. The highest BCUT2D eigenvalue weighted by molar-refractivity contribution is 5.38. The van der Waals surface area contributed by atoms with Crippen LogP contribution in [0.5, 0.6) is 5.88 Å². The van der Waals surface area contributed by atoms with E-state index in [-0.39, 0.29) is 0 Å². The maximum Gasteiger partial charge on any atom is 0.218 e. The van der Waals surface area contributed by atoms with Crippen molar-refractivity contribution >= 4 is 5.82 Å². The number of rotatable bonds is 5. The van der Waals surface area contributed by atoms with Crippen molar-refractivity contribution in [1.82, 2.24) is 9.97 Å². The van der Waals surface area contributed by atoms with Crippen molar-refractivity contribution in [3.8, 4) is 5.88 Å². The summed E-state index contributed by atoms with van der Waals surface area (Å²) >= 11 is 0. The van der Waals surface area contributed by atoms with Crippen molar-refractivity contribution in [1.29, 1.82) is 0 Å². The van der Waals surface area contributed by atoms with Gasteiger partial charge < -0.3 is 10.1 Å². The molecule has 4 heteroatoms. The lowest BCUT2D eigenvalue weighted by Gasteiger charge is -2.09. The van der Waals surface area contributed by atoms with Crippen LogP contribution < -0.4 is 10.1 Å². The maximum atomic E-state index is 5.07. The van der Waals surface area contributed by atoms with Crippen molar-refractivity contribution in [3.63, 3.8) is 0 Å². The van der Waals surface area contributed by atoms with E-state index in [0.29, 0.717) is 11.8 Å². The van der Waals surface area contributed by atoms with Crippen LogP contribution in [-0.4, -0.2) is 23.6 Å². The Labute approximate surface area is 91.1 Å². The molecule has 0 amide bonds. The van der Waals surface area contributed by atoms with E-state index in [0.717, 1.165) is 24.6 Å². The highest BCUT2D eigenvalue weighted by Crippen LogP contribution is 2.12. The Balaban J connectivity index is 2.56. The van der Waals surface area contributed by atoms with Crippen molar-refractivity contribution in [3.05, 3.63) is 11.9 Å². The topological polar surface area (TPSA) is 47.0 Å². The summed E-state index contributed by atoms with van der Waals surface area (Å²) < 4.78 is 5.07. The average molecular weight is 209 g/mol. The Hall–Kier alpha value is -1.32. The molecule has 0 radical (unpaired) electrons. The summed E-state index contributed by atoms with van der Waals surface area (Å²) in [6.45, 7) is 7.19.